The van der Waals surface area contributed by atoms with E-state index in [-0.39, 0.29) is 17.8 Å². The van der Waals surface area contributed by atoms with Crippen molar-refractivity contribution in [3.63, 3.8) is 0 Å². The van der Waals surface area contributed by atoms with Gasteiger partial charge in [-0.1, -0.05) is 18.2 Å². The van der Waals surface area contributed by atoms with Crippen molar-refractivity contribution in [1.29, 1.82) is 0 Å². The molecule has 1 atom stereocenters. The average Bonchev–Trinajstić information content (AvgIpc) is 3.28. The molecular weight excluding hydrogens is 409 g/mol. The van der Waals surface area contributed by atoms with E-state index in [4.69, 9.17) is 4.74 Å². The smallest absolute Gasteiger partial charge is 0.273 e. The zero-order chi connectivity index (χ0) is 23.0. The number of aromatic amines is 1. The summed E-state index contributed by atoms with van der Waals surface area (Å²) in [5.74, 6) is -0.552. The van der Waals surface area contributed by atoms with Crippen LogP contribution in [0.4, 0.5) is 4.39 Å². The molecule has 1 unspecified atom stereocenters. The average molecular weight is 438 g/mol. The molecule has 1 aliphatic rings. The Kier molecular flexibility index (Phi) is 6.02. The summed E-state index contributed by atoms with van der Waals surface area (Å²) in [7, 11) is 0. The van der Waals surface area contributed by atoms with E-state index in [1.165, 1.54) is 6.07 Å². The van der Waals surface area contributed by atoms with Gasteiger partial charge in [-0.2, -0.15) is 5.10 Å². The number of amides is 1. The first-order valence-electron chi connectivity index (χ1n) is 10.9. The molecule has 0 saturated heterocycles. The van der Waals surface area contributed by atoms with E-state index >= 15 is 0 Å². The lowest BCUT2D eigenvalue weighted by molar-refractivity contribution is 0.0599. The molecule has 0 saturated carbocycles. The number of phenols is 1. The second-order valence-electron chi connectivity index (χ2n) is 8.51. The number of nitrogens with zero attached hydrogens (tertiary/aromatic N) is 2. The summed E-state index contributed by atoms with van der Waals surface area (Å²) in [6.07, 6.45) is 0.722. The fourth-order valence-electron chi connectivity index (χ4n) is 4.20. The van der Waals surface area contributed by atoms with Crippen LogP contribution in [0.25, 0.3) is 11.3 Å². The number of phenolic OH excluding ortho intramolecular Hbond substituents is 1. The summed E-state index contributed by atoms with van der Waals surface area (Å²) in [6, 6.07) is 9.36. The van der Waals surface area contributed by atoms with Gasteiger partial charge in [0, 0.05) is 29.8 Å². The molecular formula is C25H28FN3O3. The number of carbonyl (C=O) groups is 1. The minimum absolute atomic E-state index is 0.0749. The monoisotopic (exact) mass is 437 g/mol. The zero-order valence-electron chi connectivity index (χ0n) is 18.8. The number of rotatable bonds is 7. The first kappa shape index (κ1) is 22.0. The van der Waals surface area contributed by atoms with E-state index in [1.807, 2.05) is 33.8 Å². The fourth-order valence-corrected chi connectivity index (χ4v) is 4.20. The van der Waals surface area contributed by atoms with Gasteiger partial charge in [-0.15, -0.1) is 0 Å². The van der Waals surface area contributed by atoms with Gasteiger partial charge in [-0.05, 0) is 63.4 Å². The number of H-pyrrole nitrogens is 1. The number of aromatic hydroxyl groups is 1. The van der Waals surface area contributed by atoms with Crippen LogP contribution in [0.5, 0.6) is 5.75 Å². The first-order chi connectivity index (χ1) is 15.3. The van der Waals surface area contributed by atoms with Crippen LogP contribution in [0, 0.1) is 19.7 Å². The second kappa shape index (κ2) is 8.74. The van der Waals surface area contributed by atoms with Gasteiger partial charge in [0.25, 0.3) is 5.91 Å². The molecule has 0 bridgehead atoms. The van der Waals surface area contributed by atoms with Crippen LogP contribution in [0.15, 0.2) is 36.4 Å². The maximum absolute atomic E-state index is 14.9. The molecule has 0 spiro atoms. The fraction of sp³-hybridized carbons (Fsp3) is 0.360. The Bertz CT molecular complexity index is 1160. The van der Waals surface area contributed by atoms with E-state index in [1.54, 1.807) is 29.2 Å². The highest BCUT2D eigenvalue weighted by molar-refractivity contribution is 6.00. The SMILES string of the molecule is Cc1cc(O)c(-c2n[nH]c3c2C(c2ccccc2F)N(CCCOC(C)C)C3=O)cc1C. The normalized spacial score (nSPS) is 15.6. The number of nitrogens with one attached hydrogen (secondary N) is 1. The molecule has 3 aromatic rings. The van der Waals surface area contributed by atoms with E-state index in [9.17, 15) is 14.3 Å². The van der Waals surface area contributed by atoms with E-state index < -0.39 is 11.9 Å². The lowest BCUT2D eigenvalue weighted by Gasteiger charge is -2.27. The minimum Gasteiger partial charge on any atom is -0.507 e. The van der Waals surface area contributed by atoms with Crippen LogP contribution < -0.4 is 0 Å². The highest BCUT2D eigenvalue weighted by atomic mass is 19.1. The number of carbonyl (C=O) groups excluding carboxylic acids is 1. The molecule has 0 aliphatic carbocycles. The molecule has 0 radical (unpaired) electrons. The van der Waals surface area contributed by atoms with Gasteiger partial charge < -0.3 is 14.7 Å². The molecule has 0 fully saturated rings. The molecule has 2 heterocycles. The summed E-state index contributed by atoms with van der Waals surface area (Å²) in [5.41, 5.74) is 4.23. The number of halogens is 1. The highest BCUT2D eigenvalue weighted by Crippen LogP contribution is 2.45. The van der Waals surface area contributed by atoms with Gasteiger partial charge in [0.2, 0.25) is 0 Å². The summed E-state index contributed by atoms with van der Waals surface area (Å²) in [5, 5.41) is 17.9. The van der Waals surface area contributed by atoms with Crippen molar-refractivity contribution in [2.24, 2.45) is 0 Å². The summed E-state index contributed by atoms with van der Waals surface area (Å²) >= 11 is 0. The Morgan fingerprint density at radius 2 is 1.94 bits per heavy atom. The van der Waals surface area contributed by atoms with Crippen molar-refractivity contribution >= 4 is 5.91 Å². The largest absolute Gasteiger partial charge is 0.507 e. The molecule has 2 N–H and O–H groups in total. The van der Waals surface area contributed by atoms with Gasteiger partial charge in [0.05, 0.1) is 12.1 Å². The molecule has 7 heteroatoms. The van der Waals surface area contributed by atoms with Gasteiger partial charge in [0.15, 0.2) is 0 Å². The number of aryl methyl sites for hydroxylation is 2. The predicted octanol–water partition coefficient (Wildman–Crippen LogP) is 4.90. The summed E-state index contributed by atoms with van der Waals surface area (Å²) in [6.45, 7) is 8.70. The topological polar surface area (TPSA) is 78.5 Å². The number of ether oxygens (including phenoxy) is 1. The third-order valence-corrected chi connectivity index (χ3v) is 5.93. The third kappa shape index (κ3) is 3.88. The highest BCUT2D eigenvalue weighted by Gasteiger charge is 2.43. The van der Waals surface area contributed by atoms with Crippen molar-refractivity contribution in [2.75, 3.05) is 13.2 Å². The van der Waals surface area contributed by atoms with Crippen molar-refractivity contribution in [3.8, 4) is 17.0 Å². The van der Waals surface area contributed by atoms with Crippen LogP contribution in [0.3, 0.4) is 0 Å². The van der Waals surface area contributed by atoms with Crippen molar-refractivity contribution in [3.05, 3.63) is 70.2 Å². The predicted molar refractivity (Wildman–Crippen MR) is 120 cm³/mol. The van der Waals surface area contributed by atoms with Gasteiger partial charge >= 0.3 is 0 Å². The quantitative estimate of drug-likeness (QED) is 0.516. The third-order valence-electron chi connectivity index (χ3n) is 5.93. The van der Waals surface area contributed by atoms with Crippen LogP contribution in [-0.2, 0) is 4.74 Å². The summed E-state index contributed by atoms with van der Waals surface area (Å²) in [4.78, 5) is 15.0. The maximum Gasteiger partial charge on any atom is 0.273 e. The molecule has 1 aromatic heterocycles. The molecule has 1 amide bonds. The van der Waals surface area contributed by atoms with Crippen molar-refractivity contribution in [2.45, 2.75) is 46.3 Å². The van der Waals surface area contributed by atoms with E-state index in [0.717, 1.165) is 11.1 Å². The lowest BCUT2D eigenvalue weighted by atomic mass is 9.94. The molecule has 2 aromatic carbocycles. The van der Waals surface area contributed by atoms with E-state index in [2.05, 4.69) is 10.2 Å². The standard InChI is InChI=1S/C25H28FN3O3/c1-14(2)32-11-7-10-29-24(17-8-5-6-9-19(17)26)21-22(27-28-23(21)25(29)31)18-12-15(3)16(4)13-20(18)30/h5-6,8-9,12-14,24,30H,7,10-11H2,1-4H3,(H,27,28). The van der Waals surface area contributed by atoms with Gasteiger partial charge in [-0.3, -0.25) is 9.89 Å². The van der Waals surface area contributed by atoms with E-state index in [0.29, 0.717) is 47.7 Å². The van der Waals surface area contributed by atoms with Crippen LogP contribution in [-0.4, -0.2) is 45.4 Å². The molecule has 32 heavy (non-hydrogen) atoms. The van der Waals surface area contributed by atoms with Gasteiger partial charge in [-0.25, -0.2) is 4.39 Å². The molecule has 168 valence electrons. The molecule has 6 nitrogen and oxygen atoms in total. The number of hydrogen-bond donors (Lipinski definition) is 2. The van der Waals surface area contributed by atoms with Gasteiger partial charge in [0.1, 0.15) is 23.0 Å². The summed E-state index contributed by atoms with van der Waals surface area (Å²) < 4.78 is 20.6. The maximum atomic E-state index is 14.9. The van der Waals surface area contributed by atoms with Crippen LogP contribution in [0.2, 0.25) is 0 Å². The lowest BCUT2D eigenvalue weighted by Crippen LogP contribution is -2.31. The molecule has 1 aliphatic heterocycles. The number of aromatic nitrogens is 2. The first-order valence-corrected chi connectivity index (χ1v) is 10.9. The molecule has 4 rings (SSSR count). The Morgan fingerprint density at radius 3 is 2.66 bits per heavy atom. The number of fused-ring (bicyclic) bond motifs is 1. The Morgan fingerprint density at radius 1 is 1.22 bits per heavy atom. The van der Waals surface area contributed by atoms with Crippen molar-refractivity contribution < 1.29 is 19.0 Å². The Hall–Kier alpha value is -3.19. The second-order valence-corrected chi connectivity index (χ2v) is 8.51. The Balaban J connectivity index is 1.80. The Labute approximate surface area is 187 Å². The zero-order valence-corrected chi connectivity index (χ0v) is 18.8. The minimum atomic E-state index is -0.646. The van der Waals surface area contributed by atoms with Crippen molar-refractivity contribution in [1.82, 2.24) is 15.1 Å². The number of benzene rings is 2. The van der Waals surface area contributed by atoms with Crippen LogP contribution >= 0.6 is 0 Å². The van der Waals surface area contributed by atoms with Crippen LogP contribution in [0.1, 0.15) is 59.1 Å². The number of hydrogen-bond acceptors (Lipinski definition) is 4.